The zero-order valence-corrected chi connectivity index (χ0v) is 43.0. The van der Waals surface area contributed by atoms with Crippen molar-refractivity contribution in [1.29, 1.82) is 0 Å². The van der Waals surface area contributed by atoms with Gasteiger partial charge in [0, 0.05) is 53.0 Å². The molecule has 3 heterocycles. The summed E-state index contributed by atoms with van der Waals surface area (Å²) in [7, 11) is 4.59. The molecular formula is C60H71N3. The number of fused-ring (bicyclic) bond motifs is 9. The van der Waals surface area contributed by atoms with Crippen LogP contribution in [0.2, 0.25) is 0 Å². The highest BCUT2D eigenvalue weighted by molar-refractivity contribution is 6.21. The predicted molar refractivity (Wildman–Crippen MR) is 279 cm³/mol. The average molecular weight is 834 g/mol. The first kappa shape index (κ1) is 43.0. The van der Waals surface area contributed by atoms with E-state index in [2.05, 4.69) is 173 Å². The Morgan fingerprint density at radius 3 is 0.667 bits per heavy atom. The number of benzene rings is 6. The SMILES string of the molecule is CCn1c2c(C)c(C)c(-c3c(C)c(C)c4c(c3C)c3c(C)c(C)c(C)c(C)c3n4C)c(C)c2c2c(C)c(-c3c(C)c(C)c4c(c3C)c3c(C)c(C)c(C)c(C)c3n4C)c(C)c(C)c21. The molecule has 0 unspecified atom stereocenters. The number of rotatable bonds is 3. The van der Waals surface area contributed by atoms with Crippen molar-refractivity contribution in [2.24, 2.45) is 14.1 Å². The lowest BCUT2D eigenvalue weighted by Crippen LogP contribution is -2.04. The number of nitrogens with zero attached hydrogens (tertiary/aromatic N) is 3. The first-order valence-electron chi connectivity index (χ1n) is 23.5. The van der Waals surface area contributed by atoms with Crippen LogP contribution >= 0.6 is 0 Å². The lowest BCUT2D eigenvalue weighted by Gasteiger charge is -2.23. The van der Waals surface area contributed by atoms with Gasteiger partial charge in [0.15, 0.2) is 0 Å². The first-order chi connectivity index (χ1) is 29.5. The number of hydrogen-bond donors (Lipinski definition) is 0. The molecule has 0 saturated carbocycles. The van der Waals surface area contributed by atoms with Crippen molar-refractivity contribution in [3.63, 3.8) is 0 Å². The second-order valence-corrected chi connectivity index (χ2v) is 20.2. The van der Waals surface area contributed by atoms with E-state index in [0.29, 0.717) is 0 Å². The molecule has 326 valence electrons. The Hall–Kier alpha value is -5.28. The Labute approximate surface area is 377 Å². The van der Waals surface area contributed by atoms with Crippen molar-refractivity contribution in [2.45, 2.75) is 152 Å². The summed E-state index contributed by atoms with van der Waals surface area (Å²) in [5.74, 6) is 0. The summed E-state index contributed by atoms with van der Waals surface area (Å²) in [5, 5.41) is 8.56. The van der Waals surface area contributed by atoms with Crippen LogP contribution in [-0.4, -0.2) is 13.7 Å². The van der Waals surface area contributed by atoms with Crippen molar-refractivity contribution in [1.82, 2.24) is 13.7 Å². The fraction of sp³-hybridized carbons (Fsp3) is 0.400. The number of hydrogen-bond acceptors (Lipinski definition) is 0. The maximum Gasteiger partial charge on any atom is 0.0526 e. The van der Waals surface area contributed by atoms with Crippen LogP contribution in [0.4, 0.5) is 0 Å². The van der Waals surface area contributed by atoms with Crippen molar-refractivity contribution in [3.05, 3.63) is 111 Å². The van der Waals surface area contributed by atoms with E-state index in [1.807, 2.05) is 0 Å². The van der Waals surface area contributed by atoms with Gasteiger partial charge in [-0.05, 0) is 279 Å². The molecule has 3 aromatic heterocycles. The predicted octanol–water partition coefficient (Wildman–Crippen LogP) is 16.6. The van der Waals surface area contributed by atoms with Gasteiger partial charge >= 0.3 is 0 Å². The van der Waals surface area contributed by atoms with E-state index in [1.54, 1.807) is 0 Å². The third kappa shape index (κ3) is 4.98. The lowest BCUT2D eigenvalue weighted by molar-refractivity contribution is 0.821. The van der Waals surface area contributed by atoms with Crippen LogP contribution in [0.15, 0.2) is 0 Å². The third-order valence-electron chi connectivity index (χ3n) is 17.9. The van der Waals surface area contributed by atoms with Crippen LogP contribution in [-0.2, 0) is 20.6 Å². The molecule has 0 amide bonds. The highest BCUT2D eigenvalue weighted by atomic mass is 15.0. The number of aryl methyl sites for hydroxylation is 15. The molecule has 0 aliphatic carbocycles. The Bertz CT molecular complexity index is 3400. The van der Waals surface area contributed by atoms with E-state index < -0.39 is 0 Å². The molecule has 6 aromatic carbocycles. The van der Waals surface area contributed by atoms with Gasteiger partial charge in [-0.3, -0.25) is 0 Å². The smallest absolute Gasteiger partial charge is 0.0526 e. The van der Waals surface area contributed by atoms with Crippen molar-refractivity contribution in [3.8, 4) is 22.3 Å². The van der Waals surface area contributed by atoms with Gasteiger partial charge in [0.2, 0.25) is 0 Å². The fourth-order valence-corrected chi connectivity index (χ4v) is 13.5. The molecule has 0 bridgehead atoms. The Kier molecular flexibility index (Phi) is 9.46. The highest BCUT2D eigenvalue weighted by Gasteiger charge is 2.31. The molecule has 0 radical (unpaired) electrons. The molecule has 0 N–H and O–H groups in total. The molecule has 0 aliphatic rings. The molecule has 0 spiro atoms. The molecule has 0 saturated heterocycles. The van der Waals surface area contributed by atoms with Gasteiger partial charge in [-0.25, -0.2) is 0 Å². The van der Waals surface area contributed by atoms with Gasteiger partial charge in [0.05, 0.1) is 33.1 Å². The van der Waals surface area contributed by atoms with E-state index >= 15 is 0 Å². The van der Waals surface area contributed by atoms with E-state index in [4.69, 9.17) is 0 Å². The minimum atomic E-state index is 0.922. The quantitative estimate of drug-likeness (QED) is 0.168. The van der Waals surface area contributed by atoms with Gasteiger partial charge in [0.25, 0.3) is 0 Å². The summed E-state index contributed by atoms with van der Waals surface area (Å²) in [6, 6.07) is 0. The van der Waals surface area contributed by atoms with Crippen molar-refractivity contribution < 1.29 is 0 Å². The van der Waals surface area contributed by atoms with Gasteiger partial charge < -0.3 is 13.7 Å². The van der Waals surface area contributed by atoms with Gasteiger partial charge in [0.1, 0.15) is 0 Å². The van der Waals surface area contributed by atoms with Crippen LogP contribution < -0.4 is 0 Å². The van der Waals surface area contributed by atoms with Crippen LogP contribution in [0.1, 0.15) is 118 Å². The fourth-order valence-electron chi connectivity index (χ4n) is 13.5. The molecule has 0 atom stereocenters. The Morgan fingerprint density at radius 2 is 0.413 bits per heavy atom. The van der Waals surface area contributed by atoms with E-state index in [-0.39, 0.29) is 0 Å². The molecule has 0 fully saturated rings. The molecule has 3 heteroatoms. The third-order valence-corrected chi connectivity index (χ3v) is 17.9. The average Bonchev–Trinajstić information content (AvgIpc) is 3.88. The topological polar surface area (TPSA) is 14.8 Å². The minimum absolute atomic E-state index is 0.922. The molecule has 9 aromatic rings. The minimum Gasteiger partial charge on any atom is -0.343 e. The van der Waals surface area contributed by atoms with Crippen LogP contribution in [0.5, 0.6) is 0 Å². The maximum atomic E-state index is 2.66. The summed E-state index contributed by atoms with van der Waals surface area (Å²) in [6.07, 6.45) is 0. The Balaban J connectivity index is 1.47. The van der Waals surface area contributed by atoms with Crippen LogP contribution in [0.25, 0.3) is 87.7 Å². The van der Waals surface area contributed by atoms with E-state index in [9.17, 15) is 0 Å². The molecule has 3 nitrogen and oxygen atoms in total. The summed E-state index contributed by atoms with van der Waals surface area (Å²) in [5.41, 5.74) is 42.0. The molecule has 9 rings (SSSR count). The van der Waals surface area contributed by atoms with Crippen molar-refractivity contribution >= 4 is 65.4 Å². The van der Waals surface area contributed by atoms with E-state index in [0.717, 1.165) is 6.54 Å². The standard InChI is InChI=1S/C60H71N3/c1-24-63-59-39(16)33(10)47(45-31(8)37(14)57-51(41(45)18)49-29(6)25(2)27(4)35(12)55(49)61(57)22)43(20)53(59)54-44(21)48(34(11)40(17)60(54)63)46-32(9)38(15)58-52(42(46)19)50-30(7)26(3)28(5)36(13)56(50)62(58)23/h24H2,1-23H3. The normalized spacial score (nSPS) is 12.4. The van der Waals surface area contributed by atoms with Gasteiger partial charge in [-0.1, -0.05) is 0 Å². The van der Waals surface area contributed by atoms with Gasteiger partial charge in [-0.2, -0.15) is 0 Å². The molecule has 0 aliphatic heterocycles. The Morgan fingerprint density at radius 1 is 0.222 bits per heavy atom. The maximum absolute atomic E-state index is 2.66. The highest BCUT2D eigenvalue weighted by Crippen LogP contribution is 2.52. The summed E-state index contributed by atoms with van der Waals surface area (Å²) < 4.78 is 7.67. The largest absolute Gasteiger partial charge is 0.343 e. The van der Waals surface area contributed by atoms with Crippen LogP contribution in [0.3, 0.4) is 0 Å². The monoisotopic (exact) mass is 834 g/mol. The summed E-state index contributed by atoms with van der Waals surface area (Å²) >= 11 is 0. The zero-order valence-electron chi connectivity index (χ0n) is 43.0. The summed E-state index contributed by atoms with van der Waals surface area (Å²) in [4.78, 5) is 0. The number of aromatic nitrogens is 3. The zero-order chi connectivity index (χ0) is 46.2. The first-order valence-corrected chi connectivity index (χ1v) is 23.5. The van der Waals surface area contributed by atoms with Crippen molar-refractivity contribution in [2.75, 3.05) is 0 Å². The second-order valence-electron chi connectivity index (χ2n) is 20.2. The second kappa shape index (κ2) is 13.9. The van der Waals surface area contributed by atoms with Gasteiger partial charge in [-0.15, -0.1) is 0 Å². The van der Waals surface area contributed by atoms with E-state index in [1.165, 1.54) is 199 Å². The molecular weight excluding hydrogens is 763 g/mol. The lowest BCUT2D eigenvalue weighted by atomic mass is 9.80. The molecule has 63 heavy (non-hydrogen) atoms. The summed E-state index contributed by atoms with van der Waals surface area (Å²) in [6.45, 7) is 50.7. The van der Waals surface area contributed by atoms with Crippen LogP contribution in [0, 0.1) is 138 Å².